The van der Waals surface area contributed by atoms with Gasteiger partial charge in [-0.15, -0.1) is 0 Å². The Morgan fingerprint density at radius 3 is 2.05 bits per heavy atom. The standard InChI is InChI=1S/C7H10O3.C7H10O2.Na.H/c1-5-2-3-6(4-8)7(9)10-5;1-5-3-4-6(2)9-7(5)8;;/h4-5,8H,2-3H2,1H3;6H,1,3-4H2,2H3;;/q;;+1;-1/b6-4+;;;. The van der Waals surface area contributed by atoms with Crippen LogP contribution in [0.3, 0.4) is 0 Å². The van der Waals surface area contributed by atoms with E-state index in [4.69, 9.17) is 14.6 Å². The van der Waals surface area contributed by atoms with Gasteiger partial charge in [-0.1, -0.05) is 6.58 Å². The molecule has 2 saturated heterocycles. The second-order valence-electron chi connectivity index (χ2n) is 4.77. The minimum atomic E-state index is -0.388. The Hall–Kier alpha value is -0.780. The molecule has 2 aliphatic heterocycles. The van der Waals surface area contributed by atoms with Gasteiger partial charge in [0.2, 0.25) is 0 Å². The predicted molar refractivity (Wildman–Crippen MR) is 70.5 cm³/mol. The van der Waals surface area contributed by atoms with Crippen LogP contribution in [0.2, 0.25) is 0 Å². The molecule has 2 atom stereocenters. The van der Waals surface area contributed by atoms with Crippen LogP contribution in [0.4, 0.5) is 0 Å². The number of ether oxygens (including phenoxy) is 2. The maximum Gasteiger partial charge on any atom is 1.00 e. The summed E-state index contributed by atoms with van der Waals surface area (Å²) in [6.07, 6.45) is 4.05. The average Bonchev–Trinajstić information content (AvgIpc) is 2.35. The van der Waals surface area contributed by atoms with Crippen LogP contribution in [0.5, 0.6) is 0 Å². The first-order chi connectivity index (χ1) is 8.93. The van der Waals surface area contributed by atoms with Crippen molar-refractivity contribution in [1.29, 1.82) is 0 Å². The molecular weight excluding hydrogens is 271 g/mol. The predicted octanol–water partition coefficient (Wildman–Crippen LogP) is -0.462. The third-order valence-electron chi connectivity index (χ3n) is 3.00. The molecule has 0 aromatic carbocycles. The number of carbonyl (C=O) groups excluding carboxylic acids is 2. The first-order valence-corrected chi connectivity index (χ1v) is 6.37. The van der Waals surface area contributed by atoms with Gasteiger partial charge in [-0.05, 0) is 39.5 Å². The van der Waals surface area contributed by atoms with Gasteiger partial charge in [-0.25, -0.2) is 9.59 Å². The molecule has 0 aromatic rings. The quantitative estimate of drug-likeness (QED) is 0.283. The van der Waals surface area contributed by atoms with E-state index in [0.717, 1.165) is 25.5 Å². The minimum absolute atomic E-state index is 0. The largest absolute Gasteiger partial charge is 1.00 e. The van der Waals surface area contributed by atoms with Crippen LogP contribution in [-0.2, 0) is 19.1 Å². The maximum absolute atomic E-state index is 10.8. The fraction of sp³-hybridized carbons (Fsp3) is 0.571. The molecule has 5 nitrogen and oxygen atoms in total. The van der Waals surface area contributed by atoms with Crippen LogP contribution in [0.25, 0.3) is 0 Å². The molecule has 0 spiro atoms. The molecule has 2 unspecified atom stereocenters. The monoisotopic (exact) mass is 292 g/mol. The summed E-state index contributed by atoms with van der Waals surface area (Å²) in [6.45, 7) is 7.29. The number of aliphatic hydroxyl groups is 1. The number of hydrogen-bond acceptors (Lipinski definition) is 5. The minimum Gasteiger partial charge on any atom is -1.00 e. The topological polar surface area (TPSA) is 72.8 Å². The van der Waals surface area contributed by atoms with Crippen LogP contribution in [0.15, 0.2) is 24.0 Å². The summed E-state index contributed by atoms with van der Waals surface area (Å²) < 4.78 is 9.68. The van der Waals surface area contributed by atoms with Crippen molar-refractivity contribution in [3.05, 3.63) is 24.0 Å². The van der Waals surface area contributed by atoms with Crippen molar-refractivity contribution in [3.63, 3.8) is 0 Å². The van der Waals surface area contributed by atoms with Crippen molar-refractivity contribution in [2.24, 2.45) is 0 Å². The third-order valence-corrected chi connectivity index (χ3v) is 3.00. The molecule has 0 saturated carbocycles. The van der Waals surface area contributed by atoms with E-state index in [2.05, 4.69) is 6.58 Å². The van der Waals surface area contributed by atoms with Gasteiger partial charge in [0.1, 0.15) is 0 Å². The smallest absolute Gasteiger partial charge is 1.00 e. The molecule has 0 bridgehead atoms. The zero-order chi connectivity index (χ0) is 14.4. The molecule has 2 heterocycles. The fourth-order valence-corrected chi connectivity index (χ4v) is 1.70. The summed E-state index contributed by atoms with van der Waals surface area (Å²) in [7, 11) is 0. The number of hydrogen-bond donors (Lipinski definition) is 1. The van der Waals surface area contributed by atoms with Gasteiger partial charge in [-0.3, -0.25) is 0 Å². The molecule has 20 heavy (non-hydrogen) atoms. The van der Waals surface area contributed by atoms with Crippen molar-refractivity contribution in [2.75, 3.05) is 0 Å². The number of rotatable bonds is 0. The Labute approximate surface area is 142 Å². The van der Waals surface area contributed by atoms with E-state index >= 15 is 0 Å². The van der Waals surface area contributed by atoms with Gasteiger partial charge >= 0.3 is 41.5 Å². The zero-order valence-corrected chi connectivity index (χ0v) is 14.3. The van der Waals surface area contributed by atoms with Crippen LogP contribution in [-0.4, -0.2) is 29.3 Å². The Morgan fingerprint density at radius 2 is 1.65 bits per heavy atom. The first kappa shape index (κ1) is 19.2. The molecule has 0 amide bonds. The van der Waals surface area contributed by atoms with Gasteiger partial charge in [0.05, 0.1) is 24.0 Å². The van der Waals surface area contributed by atoms with E-state index in [1.807, 2.05) is 13.8 Å². The Kier molecular flexibility index (Phi) is 8.85. The second-order valence-corrected chi connectivity index (χ2v) is 4.77. The van der Waals surface area contributed by atoms with Crippen molar-refractivity contribution in [1.82, 2.24) is 0 Å². The first-order valence-electron chi connectivity index (χ1n) is 6.37. The van der Waals surface area contributed by atoms with E-state index in [1.54, 1.807) is 0 Å². The van der Waals surface area contributed by atoms with Gasteiger partial charge in [-0.2, -0.15) is 0 Å². The molecule has 2 aliphatic rings. The van der Waals surface area contributed by atoms with Crippen LogP contribution < -0.4 is 29.6 Å². The normalized spacial score (nSPS) is 27.7. The van der Waals surface area contributed by atoms with Crippen LogP contribution >= 0.6 is 0 Å². The number of carbonyl (C=O) groups is 2. The second kappa shape index (κ2) is 9.21. The molecule has 0 radical (unpaired) electrons. The van der Waals surface area contributed by atoms with Crippen molar-refractivity contribution in [3.8, 4) is 0 Å². The molecule has 0 aliphatic carbocycles. The molecular formula is C14H21NaO5. The van der Waals surface area contributed by atoms with Crippen LogP contribution in [0.1, 0.15) is 41.0 Å². The van der Waals surface area contributed by atoms with Crippen LogP contribution in [0, 0.1) is 0 Å². The number of esters is 2. The Morgan fingerprint density at radius 1 is 1.15 bits per heavy atom. The average molecular weight is 292 g/mol. The maximum atomic E-state index is 10.8. The summed E-state index contributed by atoms with van der Waals surface area (Å²) in [6, 6.07) is 0. The number of cyclic esters (lactones) is 2. The molecule has 6 heteroatoms. The summed E-state index contributed by atoms with van der Waals surface area (Å²) >= 11 is 0. The molecule has 0 aromatic heterocycles. The zero-order valence-electron chi connectivity index (χ0n) is 13.3. The van der Waals surface area contributed by atoms with E-state index in [0.29, 0.717) is 17.6 Å². The van der Waals surface area contributed by atoms with Crippen molar-refractivity contribution in [2.45, 2.75) is 51.7 Å². The molecule has 2 fully saturated rings. The SMILES string of the molecule is C=C1CCC(C)OC1=O.CC1CC/C(=C\O)C(=O)O1.[H-].[Na+]. The summed E-state index contributed by atoms with van der Waals surface area (Å²) in [4.78, 5) is 21.5. The van der Waals surface area contributed by atoms with Gasteiger partial charge < -0.3 is 16.0 Å². The fourth-order valence-electron chi connectivity index (χ4n) is 1.70. The summed E-state index contributed by atoms with van der Waals surface area (Å²) in [5, 5.41) is 8.48. The van der Waals surface area contributed by atoms with E-state index in [-0.39, 0.29) is 55.1 Å². The molecule has 1 N–H and O–H groups in total. The van der Waals surface area contributed by atoms with E-state index < -0.39 is 0 Å². The van der Waals surface area contributed by atoms with Crippen molar-refractivity contribution < 1.29 is 55.2 Å². The summed E-state index contributed by atoms with van der Waals surface area (Å²) in [5.74, 6) is -0.616. The van der Waals surface area contributed by atoms with Gasteiger partial charge in [0, 0.05) is 5.57 Å². The molecule has 108 valence electrons. The Balaban J connectivity index is 0. The van der Waals surface area contributed by atoms with E-state index in [9.17, 15) is 9.59 Å². The third kappa shape index (κ3) is 6.11. The van der Waals surface area contributed by atoms with Gasteiger partial charge in [0.25, 0.3) is 0 Å². The molecule has 2 rings (SSSR count). The number of aliphatic hydroxyl groups excluding tert-OH is 1. The van der Waals surface area contributed by atoms with Gasteiger partial charge in [0.15, 0.2) is 0 Å². The van der Waals surface area contributed by atoms with Crippen molar-refractivity contribution >= 4 is 11.9 Å². The Bertz CT molecular complexity index is 408. The summed E-state index contributed by atoms with van der Waals surface area (Å²) in [5.41, 5.74) is 0.978. The van der Waals surface area contributed by atoms with E-state index in [1.165, 1.54) is 0 Å².